The average molecular weight is 902 g/mol. The second-order valence-electron chi connectivity index (χ2n) is 19.2. The van der Waals surface area contributed by atoms with Gasteiger partial charge >= 0.3 is 20.2 Å². The lowest BCUT2D eigenvalue weighted by molar-refractivity contribution is 0.00578. The van der Waals surface area contributed by atoms with Gasteiger partial charge in [-0.3, -0.25) is 14.8 Å². The minimum atomic E-state index is -0.947. The summed E-state index contributed by atoms with van der Waals surface area (Å²) in [7, 11) is -0.701. The summed E-state index contributed by atoms with van der Waals surface area (Å²) in [6, 6.07) is 30.7. The van der Waals surface area contributed by atoms with Gasteiger partial charge < -0.3 is 38.9 Å². The summed E-state index contributed by atoms with van der Waals surface area (Å²) in [4.78, 5) is 32.0. The van der Waals surface area contributed by atoms with Crippen molar-refractivity contribution >= 4 is 36.9 Å². The molecule has 10 rings (SSSR count). The summed E-state index contributed by atoms with van der Waals surface area (Å²) >= 11 is 0. The second-order valence-corrected chi connectivity index (χ2v) is 19.2. The first-order valence-corrected chi connectivity index (χ1v) is 22.6. The molecule has 6 heterocycles. The molecule has 0 unspecified atom stereocenters. The Morgan fingerprint density at radius 3 is 1.51 bits per heavy atom. The first-order valence-electron chi connectivity index (χ1n) is 22.6. The van der Waals surface area contributed by atoms with Gasteiger partial charge in [-0.15, -0.1) is 0 Å². The Hall–Kier alpha value is -6.15. The normalized spacial score (nSPS) is 17.4. The predicted molar refractivity (Wildman–Crippen MR) is 260 cm³/mol. The van der Waals surface area contributed by atoms with Gasteiger partial charge in [-0.2, -0.15) is 0 Å². The van der Waals surface area contributed by atoms with Gasteiger partial charge in [-0.25, -0.2) is 4.79 Å². The van der Waals surface area contributed by atoms with Crippen LogP contribution in [-0.4, -0.2) is 63.5 Å². The summed E-state index contributed by atoms with van der Waals surface area (Å²) < 4.78 is 35.7. The summed E-state index contributed by atoms with van der Waals surface area (Å²) in [5.74, 6) is 0.519. The quantitative estimate of drug-likeness (QED) is 0.111. The van der Waals surface area contributed by atoms with Crippen molar-refractivity contribution in [2.45, 2.75) is 110 Å². The standard InChI is InChI=1S/C27H28BNO4.C13H20BNO2.C13H9NO3/c1-26(2)27(3,4)33-28(32-26)21-7-5-6-18(14-21)8-11-24(30)19-9-10-23-22-12-13-29-16-20(22)17-31-25(23)15-19;1-12(2)13(3,4)17-14(16-12)11-7-5-6-10(8-11)9-15;15-13(16)8-1-2-11-10-3-4-14-6-9(10)7-17-12(11)5-8/h5-7,9-10,12-16H,8,11,17H2,1-4H3;5-8H,9,15H2,1-4H3;1-6H,7H2,(H,15,16). The molecule has 0 amide bonds. The molecule has 6 aromatic rings. The number of Topliss-reactive ketones (excluding diaryl/α,β-unsaturated/α-hetero) is 1. The van der Waals surface area contributed by atoms with E-state index < -0.39 is 13.1 Å². The third-order valence-electron chi connectivity index (χ3n) is 13.5. The molecule has 0 radical (unpaired) electrons. The second kappa shape index (κ2) is 18.9. The molecule has 2 saturated heterocycles. The summed E-state index contributed by atoms with van der Waals surface area (Å²) in [5.41, 5.74) is 15.6. The molecule has 14 heteroatoms. The number of nitrogens with two attached hydrogens (primary N) is 1. The van der Waals surface area contributed by atoms with Gasteiger partial charge in [-0.1, -0.05) is 54.6 Å². The zero-order chi connectivity index (χ0) is 47.7. The van der Waals surface area contributed by atoms with Crippen LogP contribution in [0.3, 0.4) is 0 Å². The van der Waals surface area contributed by atoms with Crippen molar-refractivity contribution in [1.29, 1.82) is 0 Å². The van der Waals surface area contributed by atoms with Crippen LogP contribution in [-0.2, 0) is 44.8 Å². The van der Waals surface area contributed by atoms with Crippen molar-refractivity contribution < 1.29 is 42.8 Å². The van der Waals surface area contributed by atoms with Crippen LogP contribution in [0.5, 0.6) is 11.5 Å². The Balaban J connectivity index is 0.000000150. The van der Waals surface area contributed by atoms with Gasteiger partial charge in [0.2, 0.25) is 0 Å². The maximum absolute atomic E-state index is 12.9. The Kier molecular flexibility index (Phi) is 13.3. The molecule has 0 bridgehead atoms. The van der Waals surface area contributed by atoms with E-state index in [2.05, 4.69) is 43.7 Å². The fourth-order valence-corrected chi connectivity index (χ4v) is 8.08. The SMILES string of the molecule is CC1(C)OB(c2cccc(CCC(=O)c3ccc4c(c3)OCc3cnccc3-4)c2)OC1(C)C.CC1(C)OB(c2cccc(CN)c2)OC1(C)C.O=C(O)c1ccc2c(c1)OCc1cnccc1-2. The van der Waals surface area contributed by atoms with Crippen LogP contribution in [0.4, 0.5) is 0 Å². The monoisotopic (exact) mass is 901 g/mol. The molecule has 4 aliphatic heterocycles. The van der Waals surface area contributed by atoms with E-state index in [1.54, 1.807) is 36.8 Å². The fraction of sp³-hybridized carbons (Fsp3) is 0.321. The van der Waals surface area contributed by atoms with Crippen molar-refractivity contribution in [3.8, 4) is 33.8 Å². The van der Waals surface area contributed by atoms with Crippen LogP contribution >= 0.6 is 0 Å². The summed E-state index contributed by atoms with van der Waals surface area (Å²) in [6.45, 7) is 17.9. The highest BCUT2D eigenvalue weighted by atomic mass is 16.7. The Morgan fingerprint density at radius 2 is 1.03 bits per heavy atom. The van der Waals surface area contributed by atoms with E-state index in [0.717, 1.165) is 61.2 Å². The number of carbonyl (C=O) groups is 2. The van der Waals surface area contributed by atoms with Crippen LogP contribution in [0, 0.1) is 0 Å². The van der Waals surface area contributed by atoms with Crippen LogP contribution in [0.25, 0.3) is 22.3 Å². The number of aryl methyl sites for hydroxylation is 1. The number of rotatable bonds is 8. The summed E-state index contributed by atoms with van der Waals surface area (Å²) in [5, 5.41) is 8.92. The number of fused-ring (bicyclic) bond motifs is 6. The average Bonchev–Trinajstić information content (AvgIpc) is 3.69. The highest BCUT2D eigenvalue weighted by Crippen LogP contribution is 2.40. The van der Waals surface area contributed by atoms with Crippen LogP contribution in [0.2, 0.25) is 0 Å². The van der Waals surface area contributed by atoms with E-state index in [1.165, 1.54) is 0 Å². The number of pyridine rings is 2. The molecule has 2 aromatic heterocycles. The topological polar surface area (TPSA) is 162 Å². The number of hydrogen-bond donors (Lipinski definition) is 2. The molecule has 0 aliphatic carbocycles. The van der Waals surface area contributed by atoms with Gasteiger partial charge in [0.05, 0.1) is 28.0 Å². The number of ether oxygens (including phenoxy) is 2. The number of carboxylic acids is 1. The highest BCUT2D eigenvalue weighted by molar-refractivity contribution is 6.62. The van der Waals surface area contributed by atoms with Gasteiger partial charge in [0.1, 0.15) is 24.7 Å². The minimum Gasteiger partial charge on any atom is -0.488 e. The largest absolute Gasteiger partial charge is 0.494 e. The molecule has 0 saturated carbocycles. The minimum absolute atomic E-state index is 0.1000. The number of ketones is 1. The zero-order valence-corrected chi connectivity index (χ0v) is 39.4. The van der Waals surface area contributed by atoms with Crippen molar-refractivity contribution in [2.24, 2.45) is 5.73 Å². The van der Waals surface area contributed by atoms with E-state index in [9.17, 15) is 9.59 Å². The number of aromatic nitrogens is 2. The molecule has 3 N–H and O–H groups in total. The lowest BCUT2D eigenvalue weighted by Gasteiger charge is -2.32. The number of hydrogen-bond acceptors (Lipinski definition) is 11. The van der Waals surface area contributed by atoms with E-state index >= 15 is 0 Å². The smallest absolute Gasteiger partial charge is 0.488 e. The van der Waals surface area contributed by atoms with Gasteiger partial charge in [0, 0.05) is 65.6 Å². The molecule has 344 valence electrons. The maximum Gasteiger partial charge on any atom is 0.494 e. The third-order valence-corrected chi connectivity index (χ3v) is 13.5. The van der Waals surface area contributed by atoms with Crippen LogP contribution in [0.15, 0.2) is 122 Å². The first kappa shape index (κ1) is 47.3. The molecule has 0 spiro atoms. The summed E-state index contributed by atoms with van der Waals surface area (Å²) in [6.07, 6.45) is 8.17. The Morgan fingerprint density at radius 1 is 0.582 bits per heavy atom. The third kappa shape index (κ3) is 10.1. The molecule has 2 fully saturated rings. The lowest BCUT2D eigenvalue weighted by atomic mass is 9.78. The number of nitrogens with zero attached hydrogens (tertiary/aromatic N) is 2. The predicted octanol–water partition coefficient (Wildman–Crippen LogP) is 8.54. The fourth-order valence-electron chi connectivity index (χ4n) is 8.08. The number of benzene rings is 4. The lowest BCUT2D eigenvalue weighted by Crippen LogP contribution is -2.41. The zero-order valence-electron chi connectivity index (χ0n) is 39.4. The van der Waals surface area contributed by atoms with Crippen LogP contribution in [0.1, 0.15) is 105 Å². The van der Waals surface area contributed by atoms with Crippen molar-refractivity contribution in [1.82, 2.24) is 9.97 Å². The molecule has 67 heavy (non-hydrogen) atoms. The molecular weight excluding hydrogens is 844 g/mol. The van der Waals surface area contributed by atoms with E-state index in [0.29, 0.717) is 43.9 Å². The number of aromatic carboxylic acids is 1. The van der Waals surface area contributed by atoms with Crippen molar-refractivity contribution in [3.05, 3.63) is 155 Å². The highest BCUT2D eigenvalue weighted by Gasteiger charge is 2.52. The number of carbonyl (C=O) groups excluding carboxylic acids is 1. The van der Waals surface area contributed by atoms with E-state index in [-0.39, 0.29) is 40.9 Å². The van der Waals surface area contributed by atoms with Crippen LogP contribution < -0.4 is 26.1 Å². The van der Waals surface area contributed by atoms with E-state index in [1.807, 2.05) is 107 Å². The van der Waals surface area contributed by atoms with Crippen molar-refractivity contribution in [3.63, 3.8) is 0 Å². The molecular formula is C53H57B2N3O9. The van der Waals surface area contributed by atoms with Gasteiger partial charge in [-0.05, 0) is 137 Å². The molecule has 12 nitrogen and oxygen atoms in total. The Labute approximate surface area is 393 Å². The van der Waals surface area contributed by atoms with Crippen molar-refractivity contribution in [2.75, 3.05) is 0 Å². The van der Waals surface area contributed by atoms with Gasteiger partial charge in [0.25, 0.3) is 0 Å². The molecule has 0 atom stereocenters. The molecule has 4 aliphatic rings. The first-order chi connectivity index (χ1) is 31.8. The van der Waals surface area contributed by atoms with E-state index in [4.69, 9.17) is 38.9 Å². The van der Waals surface area contributed by atoms with Gasteiger partial charge in [0.15, 0.2) is 5.78 Å². The maximum atomic E-state index is 12.9. The molecule has 4 aromatic carbocycles. The number of carboxylic acid groups (broad SMARTS) is 1. The Bertz CT molecular complexity index is 2780.